The van der Waals surface area contributed by atoms with Gasteiger partial charge in [0.1, 0.15) is 0 Å². The number of rotatable bonds is 5. The van der Waals surface area contributed by atoms with Crippen LogP contribution in [-0.4, -0.2) is 19.4 Å². The lowest BCUT2D eigenvalue weighted by atomic mass is 9.83. The molecule has 3 nitrogen and oxygen atoms in total. The van der Waals surface area contributed by atoms with Gasteiger partial charge < -0.3 is 9.53 Å². The summed E-state index contributed by atoms with van der Waals surface area (Å²) in [6, 6.07) is 9.59. The van der Waals surface area contributed by atoms with Crippen LogP contribution in [0.2, 0.25) is 19.6 Å². The minimum Gasteiger partial charge on any atom is -0.481 e. The molecule has 4 heteroatoms. The Balaban J connectivity index is 3.15. The van der Waals surface area contributed by atoms with E-state index in [0.29, 0.717) is 0 Å². The number of carbonyl (C=O) groups is 1. The van der Waals surface area contributed by atoms with Crippen molar-refractivity contribution in [2.45, 2.75) is 39.6 Å². The standard InChI is InChI=1S/C14H22O3Si/c1-14(2,13(15)16)12(17-18(3,4)5)11-9-7-6-8-10-11/h6-10,12H,1-5H3,(H,15,16). The van der Waals surface area contributed by atoms with Gasteiger partial charge in [0, 0.05) is 0 Å². The Bertz CT molecular complexity index is 407. The van der Waals surface area contributed by atoms with E-state index in [1.165, 1.54) is 0 Å². The van der Waals surface area contributed by atoms with Gasteiger partial charge in [-0.1, -0.05) is 30.3 Å². The Morgan fingerprint density at radius 1 is 1.22 bits per heavy atom. The largest absolute Gasteiger partial charge is 0.481 e. The molecule has 1 unspecified atom stereocenters. The quantitative estimate of drug-likeness (QED) is 0.827. The normalized spacial score (nSPS) is 14.3. The molecule has 0 heterocycles. The van der Waals surface area contributed by atoms with Crippen molar-refractivity contribution in [3.05, 3.63) is 35.9 Å². The van der Waals surface area contributed by atoms with Gasteiger partial charge in [0.15, 0.2) is 8.32 Å². The molecule has 0 saturated carbocycles. The molecule has 0 aliphatic rings. The van der Waals surface area contributed by atoms with Crippen molar-refractivity contribution in [1.82, 2.24) is 0 Å². The van der Waals surface area contributed by atoms with E-state index >= 15 is 0 Å². The van der Waals surface area contributed by atoms with Gasteiger partial charge in [0.25, 0.3) is 0 Å². The maximum absolute atomic E-state index is 11.5. The van der Waals surface area contributed by atoms with Crippen molar-refractivity contribution in [2.75, 3.05) is 0 Å². The van der Waals surface area contributed by atoms with Crippen molar-refractivity contribution in [2.24, 2.45) is 5.41 Å². The summed E-state index contributed by atoms with van der Waals surface area (Å²) < 4.78 is 6.11. The number of hydrogen-bond donors (Lipinski definition) is 1. The SMILES string of the molecule is CC(C)(C(=O)O)C(O[Si](C)(C)C)c1ccccc1. The van der Waals surface area contributed by atoms with Gasteiger partial charge in [0.05, 0.1) is 11.5 Å². The molecule has 0 aliphatic heterocycles. The van der Waals surface area contributed by atoms with Crippen LogP contribution in [-0.2, 0) is 9.22 Å². The van der Waals surface area contributed by atoms with E-state index in [9.17, 15) is 9.90 Å². The predicted octanol–water partition coefficient (Wildman–Crippen LogP) is 3.69. The maximum atomic E-state index is 11.5. The highest BCUT2D eigenvalue weighted by Crippen LogP contribution is 2.38. The third-order valence-corrected chi connectivity index (χ3v) is 3.72. The first kappa shape index (κ1) is 14.9. The summed E-state index contributed by atoms with van der Waals surface area (Å²) in [7, 11) is -1.82. The zero-order valence-electron chi connectivity index (χ0n) is 11.7. The zero-order chi connectivity index (χ0) is 14.0. The highest BCUT2D eigenvalue weighted by molar-refractivity contribution is 6.69. The molecule has 1 aromatic carbocycles. The number of carboxylic acid groups (broad SMARTS) is 1. The monoisotopic (exact) mass is 266 g/mol. The highest BCUT2D eigenvalue weighted by Gasteiger charge is 2.40. The molecule has 0 fully saturated rings. The molecule has 1 rings (SSSR count). The Morgan fingerprint density at radius 2 is 1.72 bits per heavy atom. The molecule has 0 radical (unpaired) electrons. The molecular formula is C14H22O3Si. The van der Waals surface area contributed by atoms with Gasteiger partial charge in [-0.25, -0.2) is 0 Å². The molecule has 0 aliphatic carbocycles. The van der Waals surface area contributed by atoms with E-state index in [2.05, 4.69) is 19.6 Å². The smallest absolute Gasteiger partial charge is 0.312 e. The van der Waals surface area contributed by atoms with Crippen LogP contribution in [0.1, 0.15) is 25.5 Å². The molecule has 0 aromatic heterocycles. The summed E-state index contributed by atoms with van der Waals surface area (Å²) in [5, 5.41) is 9.41. The first-order valence-corrected chi connectivity index (χ1v) is 9.51. The van der Waals surface area contributed by atoms with Crippen molar-refractivity contribution in [1.29, 1.82) is 0 Å². The molecule has 0 amide bonds. The second-order valence-corrected chi connectivity index (χ2v) is 10.5. The average molecular weight is 266 g/mol. The molecule has 18 heavy (non-hydrogen) atoms. The van der Waals surface area contributed by atoms with Gasteiger partial charge >= 0.3 is 5.97 Å². The third-order valence-electron chi connectivity index (χ3n) is 2.78. The zero-order valence-corrected chi connectivity index (χ0v) is 12.7. The fourth-order valence-corrected chi connectivity index (χ4v) is 2.86. The van der Waals surface area contributed by atoms with Crippen molar-refractivity contribution >= 4 is 14.3 Å². The summed E-state index contributed by atoms with van der Waals surface area (Å²) in [4.78, 5) is 11.5. The van der Waals surface area contributed by atoms with E-state index in [4.69, 9.17) is 4.43 Å². The Morgan fingerprint density at radius 3 is 2.11 bits per heavy atom. The van der Waals surface area contributed by atoms with Crippen LogP contribution in [0, 0.1) is 5.41 Å². The lowest BCUT2D eigenvalue weighted by Crippen LogP contribution is -2.39. The molecule has 1 N–H and O–H groups in total. The van der Waals surface area contributed by atoms with Gasteiger partial charge in [-0.2, -0.15) is 0 Å². The Kier molecular flexibility index (Phi) is 4.35. The van der Waals surface area contributed by atoms with Crippen LogP contribution < -0.4 is 0 Å². The van der Waals surface area contributed by atoms with E-state index in [-0.39, 0.29) is 0 Å². The van der Waals surface area contributed by atoms with E-state index in [1.54, 1.807) is 13.8 Å². The van der Waals surface area contributed by atoms with Gasteiger partial charge in [0.2, 0.25) is 0 Å². The van der Waals surface area contributed by atoms with Crippen molar-refractivity contribution in [3.63, 3.8) is 0 Å². The van der Waals surface area contributed by atoms with Crippen LogP contribution in [0.4, 0.5) is 0 Å². The summed E-state index contributed by atoms with van der Waals surface area (Å²) >= 11 is 0. The maximum Gasteiger partial charge on any atom is 0.312 e. The van der Waals surface area contributed by atoms with Crippen LogP contribution in [0.15, 0.2) is 30.3 Å². The molecule has 0 bridgehead atoms. The highest BCUT2D eigenvalue weighted by atomic mass is 28.4. The summed E-state index contributed by atoms with van der Waals surface area (Å²) in [5.41, 5.74) is -0.0194. The molecule has 100 valence electrons. The van der Waals surface area contributed by atoms with Crippen LogP contribution >= 0.6 is 0 Å². The van der Waals surface area contributed by atoms with Crippen molar-refractivity contribution in [3.8, 4) is 0 Å². The topological polar surface area (TPSA) is 46.5 Å². The number of hydrogen-bond acceptors (Lipinski definition) is 2. The minimum absolute atomic E-state index is 0.414. The van der Waals surface area contributed by atoms with Gasteiger partial charge in [-0.3, -0.25) is 4.79 Å². The second-order valence-electron chi connectivity index (χ2n) is 6.05. The summed E-state index contributed by atoms with van der Waals surface area (Å²) in [6.07, 6.45) is -0.414. The average Bonchev–Trinajstić information content (AvgIpc) is 2.25. The van der Waals surface area contributed by atoms with Crippen LogP contribution in [0.3, 0.4) is 0 Å². The van der Waals surface area contributed by atoms with Crippen molar-refractivity contribution < 1.29 is 14.3 Å². The first-order valence-electron chi connectivity index (χ1n) is 6.11. The fraction of sp³-hybridized carbons (Fsp3) is 0.500. The third kappa shape index (κ3) is 3.68. The number of carboxylic acids is 1. The first-order chi connectivity index (χ1) is 8.14. The molecule has 0 saturated heterocycles. The molecular weight excluding hydrogens is 244 g/mol. The molecule has 0 spiro atoms. The number of benzene rings is 1. The van der Waals surface area contributed by atoms with Gasteiger partial charge in [-0.05, 0) is 39.1 Å². The molecule has 1 aromatic rings. The Hall–Kier alpha value is -1.13. The Labute approximate surface area is 110 Å². The number of aliphatic carboxylic acids is 1. The van der Waals surface area contributed by atoms with Gasteiger partial charge in [-0.15, -0.1) is 0 Å². The van der Waals surface area contributed by atoms with Crippen LogP contribution in [0.25, 0.3) is 0 Å². The van der Waals surface area contributed by atoms with Crippen LogP contribution in [0.5, 0.6) is 0 Å². The van der Waals surface area contributed by atoms with E-state index in [1.807, 2.05) is 30.3 Å². The second kappa shape index (κ2) is 5.24. The lowest BCUT2D eigenvalue weighted by Gasteiger charge is -2.35. The summed E-state index contributed by atoms with van der Waals surface area (Å²) in [5.74, 6) is -0.838. The molecule has 1 atom stereocenters. The summed E-state index contributed by atoms with van der Waals surface area (Å²) in [6.45, 7) is 9.64. The minimum atomic E-state index is -1.82. The lowest BCUT2D eigenvalue weighted by molar-refractivity contribution is -0.153. The van der Waals surface area contributed by atoms with E-state index in [0.717, 1.165) is 5.56 Å². The van der Waals surface area contributed by atoms with E-state index < -0.39 is 25.8 Å². The fourth-order valence-electron chi connectivity index (χ4n) is 1.73. The predicted molar refractivity (Wildman–Crippen MR) is 75.0 cm³/mol.